The number of nitrogens with two attached hydrogens (primary N) is 1. The van der Waals surface area contributed by atoms with E-state index in [9.17, 15) is 0 Å². The molecule has 0 saturated heterocycles. The van der Waals surface area contributed by atoms with Crippen molar-refractivity contribution >= 4 is 11.3 Å². The molecule has 0 fully saturated rings. The Balaban J connectivity index is 2.24. The minimum absolute atomic E-state index is 0.0572. The van der Waals surface area contributed by atoms with E-state index in [-0.39, 0.29) is 11.5 Å². The maximum atomic E-state index is 6.33. The molecule has 0 aliphatic carbocycles. The van der Waals surface area contributed by atoms with Gasteiger partial charge in [0.25, 0.3) is 0 Å². The first-order valence-corrected chi connectivity index (χ1v) is 7.74. The van der Waals surface area contributed by atoms with Crippen molar-refractivity contribution in [3.05, 3.63) is 45.9 Å². The molecule has 0 radical (unpaired) electrons. The highest BCUT2D eigenvalue weighted by Crippen LogP contribution is 2.29. The summed E-state index contributed by atoms with van der Waals surface area (Å²) in [7, 11) is 0. The van der Waals surface area contributed by atoms with Crippen LogP contribution >= 0.6 is 11.3 Å². The summed E-state index contributed by atoms with van der Waals surface area (Å²) in [5.74, 6) is 0.855. The fraction of sp³-hybridized carbons (Fsp3) is 0.438. The zero-order valence-electron chi connectivity index (χ0n) is 12.5. The molecular formula is C16H22N2OS. The Hall–Kier alpha value is -1.39. The third-order valence-corrected chi connectivity index (χ3v) is 4.01. The van der Waals surface area contributed by atoms with E-state index in [4.69, 9.17) is 10.5 Å². The van der Waals surface area contributed by atoms with Crippen molar-refractivity contribution in [3.63, 3.8) is 0 Å². The van der Waals surface area contributed by atoms with Gasteiger partial charge in [-0.2, -0.15) is 0 Å². The van der Waals surface area contributed by atoms with Crippen LogP contribution in [0.5, 0.6) is 5.75 Å². The van der Waals surface area contributed by atoms with Gasteiger partial charge in [-0.05, 0) is 24.6 Å². The number of benzene rings is 1. The molecule has 2 rings (SSSR count). The van der Waals surface area contributed by atoms with Gasteiger partial charge in [0.2, 0.25) is 0 Å². The van der Waals surface area contributed by atoms with Crippen LogP contribution in [0.15, 0.2) is 29.6 Å². The molecule has 0 saturated carbocycles. The van der Waals surface area contributed by atoms with Gasteiger partial charge in [-0.3, -0.25) is 0 Å². The van der Waals surface area contributed by atoms with Gasteiger partial charge in [0.05, 0.1) is 18.3 Å². The number of hydrogen-bond acceptors (Lipinski definition) is 4. The number of hydrogen-bond donors (Lipinski definition) is 1. The lowest BCUT2D eigenvalue weighted by Gasteiger charge is -2.15. The van der Waals surface area contributed by atoms with Crippen LogP contribution in [-0.2, 0) is 5.41 Å². The summed E-state index contributed by atoms with van der Waals surface area (Å²) < 4.78 is 5.52. The van der Waals surface area contributed by atoms with Crippen LogP contribution in [0, 0.1) is 0 Å². The molecule has 0 aliphatic rings. The second kappa shape index (κ2) is 5.94. The second-order valence-corrected chi connectivity index (χ2v) is 6.69. The van der Waals surface area contributed by atoms with E-state index in [0.717, 1.165) is 22.0 Å². The molecule has 0 bridgehead atoms. The summed E-state index contributed by atoms with van der Waals surface area (Å²) in [4.78, 5) is 4.69. The Morgan fingerprint density at radius 2 is 2.10 bits per heavy atom. The van der Waals surface area contributed by atoms with Crippen molar-refractivity contribution < 1.29 is 4.74 Å². The average molecular weight is 290 g/mol. The lowest BCUT2D eigenvalue weighted by Crippen LogP contribution is -2.15. The number of thiazole rings is 1. The van der Waals surface area contributed by atoms with Crippen LogP contribution in [0.1, 0.15) is 50.0 Å². The van der Waals surface area contributed by atoms with Gasteiger partial charge in [-0.15, -0.1) is 11.3 Å². The second-order valence-electron chi connectivity index (χ2n) is 5.80. The zero-order valence-corrected chi connectivity index (χ0v) is 13.3. The summed E-state index contributed by atoms with van der Waals surface area (Å²) in [5.41, 5.74) is 8.51. The van der Waals surface area contributed by atoms with E-state index in [1.54, 1.807) is 11.3 Å². The smallest absolute Gasteiger partial charge is 0.119 e. The van der Waals surface area contributed by atoms with Crippen molar-refractivity contribution in [3.8, 4) is 5.75 Å². The number of aromatic nitrogens is 1. The lowest BCUT2D eigenvalue weighted by molar-refractivity contribution is 0.340. The molecule has 2 N–H and O–H groups in total. The molecule has 1 aromatic heterocycles. The highest BCUT2D eigenvalue weighted by molar-refractivity contribution is 7.09. The Kier molecular flexibility index (Phi) is 4.45. The summed E-state index contributed by atoms with van der Waals surface area (Å²) in [6.45, 7) is 9.11. The molecule has 1 unspecified atom stereocenters. The van der Waals surface area contributed by atoms with E-state index in [1.165, 1.54) is 0 Å². The normalized spacial score (nSPS) is 13.2. The van der Waals surface area contributed by atoms with Crippen molar-refractivity contribution in [2.75, 3.05) is 6.61 Å². The van der Waals surface area contributed by atoms with Crippen LogP contribution in [-0.4, -0.2) is 11.6 Å². The van der Waals surface area contributed by atoms with Gasteiger partial charge in [-0.25, -0.2) is 4.98 Å². The van der Waals surface area contributed by atoms with Gasteiger partial charge in [0, 0.05) is 10.8 Å². The van der Waals surface area contributed by atoms with E-state index in [2.05, 4.69) is 31.1 Å². The van der Waals surface area contributed by atoms with Crippen LogP contribution in [0.2, 0.25) is 0 Å². The predicted octanol–water partition coefficient (Wildman–Crippen LogP) is 3.89. The van der Waals surface area contributed by atoms with Crippen LogP contribution in [0.3, 0.4) is 0 Å². The summed E-state index contributed by atoms with van der Waals surface area (Å²) in [5, 5.41) is 3.05. The lowest BCUT2D eigenvalue weighted by atomic mass is 9.93. The van der Waals surface area contributed by atoms with E-state index >= 15 is 0 Å². The van der Waals surface area contributed by atoms with Crippen molar-refractivity contribution in [1.29, 1.82) is 0 Å². The maximum absolute atomic E-state index is 6.33. The quantitative estimate of drug-likeness (QED) is 0.929. The Bertz CT molecular complexity index is 572. The van der Waals surface area contributed by atoms with Crippen LogP contribution in [0.4, 0.5) is 0 Å². The minimum atomic E-state index is -0.198. The van der Waals surface area contributed by atoms with Crippen molar-refractivity contribution in [2.45, 2.75) is 39.2 Å². The number of nitrogens with zero attached hydrogens (tertiary/aromatic N) is 1. The number of ether oxygens (including phenoxy) is 1. The monoisotopic (exact) mass is 290 g/mol. The van der Waals surface area contributed by atoms with Crippen molar-refractivity contribution in [2.24, 2.45) is 5.73 Å². The Morgan fingerprint density at radius 3 is 2.70 bits per heavy atom. The molecule has 1 aromatic carbocycles. The summed E-state index contributed by atoms with van der Waals surface area (Å²) in [6.07, 6.45) is 0. The standard InChI is InChI=1S/C16H22N2OS/c1-5-19-12-8-6-7-11(9-12)14(17)15-18-13(10-20-15)16(2,3)4/h6-10,14H,5,17H2,1-4H3. The molecule has 1 atom stereocenters. The molecule has 2 aromatic rings. The SMILES string of the molecule is CCOc1cccc(C(N)c2nc(C(C)(C)C)cs2)c1. The fourth-order valence-electron chi connectivity index (χ4n) is 1.88. The molecule has 0 spiro atoms. The number of rotatable bonds is 4. The third kappa shape index (κ3) is 3.38. The highest BCUT2D eigenvalue weighted by Gasteiger charge is 2.20. The first-order valence-electron chi connectivity index (χ1n) is 6.86. The zero-order chi connectivity index (χ0) is 14.8. The molecule has 0 aliphatic heterocycles. The fourth-order valence-corrected chi connectivity index (χ4v) is 2.95. The maximum Gasteiger partial charge on any atom is 0.119 e. The molecule has 3 nitrogen and oxygen atoms in total. The molecule has 4 heteroatoms. The summed E-state index contributed by atoms with van der Waals surface area (Å²) >= 11 is 1.62. The van der Waals surface area contributed by atoms with E-state index < -0.39 is 0 Å². The molecule has 108 valence electrons. The van der Waals surface area contributed by atoms with Crippen LogP contribution in [0.25, 0.3) is 0 Å². The van der Waals surface area contributed by atoms with Gasteiger partial charge in [0.15, 0.2) is 0 Å². The Morgan fingerprint density at radius 1 is 1.35 bits per heavy atom. The molecule has 0 amide bonds. The topological polar surface area (TPSA) is 48.1 Å². The van der Waals surface area contributed by atoms with E-state index in [1.807, 2.05) is 31.2 Å². The van der Waals surface area contributed by atoms with Gasteiger partial charge >= 0.3 is 0 Å². The average Bonchev–Trinajstić information content (AvgIpc) is 2.88. The molecule has 20 heavy (non-hydrogen) atoms. The largest absolute Gasteiger partial charge is 0.494 e. The third-order valence-electron chi connectivity index (χ3n) is 3.08. The first-order chi connectivity index (χ1) is 9.41. The van der Waals surface area contributed by atoms with Crippen molar-refractivity contribution in [1.82, 2.24) is 4.98 Å². The van der Waals surface area contributed by atoms with Gasteiger partial charge < -0.3 is 10.5 Å². The van der Waals surface area contributed by atoms with Gasteiger partial charge in [0.1, 0.15) is 10.8 Å². The van der Waals surface area contributed by atoms with Crippen LogP contribution < -0.4 is 10.5 Å². The van der Waals surface area contributed by atoms with E-state index in [0.29, 0.717) is 6.61 Å². The molecule has 1 heterocycles. The van der Waals surface area contributed by atoms with Gasteiger partial charge in [-0.1, -0.05) is 32.9 Å². The first kappa shape index (κ1) is 15.0. The molecular weight excluding hydrogens is 268 g/mol. The Labute approximate surface area is 124 Å². The minimum Gasteiger partial charge on any atom is -0.494 e. The summed E-state index contributed by atoms with van der Waals surface area (Å²) in [6, 6.07) is 7.73. The highest BCUT2D eigenvalue weighted by atomic mass is 32.1. The predicted molar refractivity (Wildman–Crippen MR) is 84.5 cm³/mol.